The standard InChI is InChI=1S/C22H23N5O/c1-17-7-5-6-10-20(17)25-22-23-15-18(16-24-22)21(28)27-13-11-26(12-14-27)19-8-3-2-4-9-19/h2-10,15-16H,11-14H2,1H3,(H,23,24,25). The maximum Gasteiger partial charge on any atom is 0.257 e. The molecular formula is C22H23N5O. The molecule has 0 aliphatic carbocycles. The number of carbonyl (C=O) groups is 1. The van der Waals surface area contributed by atoms with Gasteiger partial charge in [0.05, 0.1) is 5.56 Å². The molecule has 142 valence electrons. The summed E-state index contributed by atoms with van der Waals surface area (Å²) < 4.78 is 0. The number of carbonyl (C=O) groups excluding carboxylic acids is 1. The largest absolute Gasteiger partial charge is 0.368 e. The van der Waals surface area contributed by atoms with Crippen molar-refractivity contribution in [3.8, 4) is 0 Å². The number of rotatable bonds is 4. The van der Waals surface area contributed by atoms with Gasteiger partial charge in [0.2, 0.25) is 5.95 Å². The van der Waals surface area contributed by atoms with E-state index in [0.29, 0.717) is 24.6 Å². The van der Waals surface area contributed by atoms with Crippen LogP contribution in [0.15, 0.2) is 67.0 Å². The molecule has 0 bridgehead atoms. The SMILES string of the molecule is Cc1ccccc1Nc1ncc(C(=O)N2CCN(c3ccccc3)CC2)cn1. The van der Waals surface area contributed by atoms with Gasteiger partial charge >= 0.3 is 0 Å². The highest BCUT2D eigenvalue weighted by molar-refractivity contribution is 5.94. The van der Waals surface area contributed by atoms with Crippen LogP contribution < -0.4 is 10.2 Å². The van der Waals surface area contributed by atoms with E-state index in [-0.39, 0.29) is 5.91 Å². The fourth-order valence-electron chi connectivity index (χ4n) is 3.33. The molecule has 2 aromatic carbocycles. The molecule has 28 heavy (non-hydrogen) atoms. The summed E-state index contributed by atoms with van der Waals surface area (Å²) in [4.78, 5) is 25.6. The number of hydrogen-bond acceptors (Lipinski definition) is 5. The van der Waals surface area contributed by atoms with Gasteiger partial charge in [0, 0.05) is 49.9 Å². The Morgan fingerprint density at radius 1 is 0.893 bits per heavy atom. The predicted molar refractivity (Wildman–Crippen MR) is 111 cm³/mol. The molecule has 6 heteroatoms. The van der Waals surface area contributed by atoms with Gasteiger partial charge in [-0.1, -0.05) is 36.4 Å². The van der Waals surface area contributed by atoms with Crippen molar-refractivity contribution in [2.75, 3.05) is 36.4 Å². The Morgan fingerprint density at radius 2 is 1.54 bits per heavy atom. The zero-order valence-electron chi connectivity index (χ0n) is 15.9. The van der Waals surface area contributed by atoms with Crippen LogP contribution in [0.4, 0.5) is 17.3 Å². The van der Waals surface area contributed by atoms with E-state index in [4.69, 9.17) is 0 Å². The fourth-order valence-corrected chi connectivity index (χ4v) is 3.33. The van der Waals surface area contributed by atoms with Gasteiger partial charge in [0.15, 0.2) is 0 Å². The molecule has 0 unspecified atom stereocenters. The molecule has 2 heterocycles. The van der Waals surface area contributed by atoms with E-state index >= 15 is 0 Å². The molecule has 1 fully saturated rings. The third-order valence-electron chi connectivity index (χ3n) is 4.98. The van der Waals surface area contributed by atoms with Crippen LogP contribution in [-0.4, -0.2) is 47.0 Å². The van der Waals surface area contributed by atoms with Crippen LogP contribution in [0.1, 0.15) is 15.9 Å². The maximum absolute atomic E-state index is 12.8. The quantitative estimate of drug-likeness (QED) is 0.759. The van der Waals surface area contributed by atoms with Crippen molar-refractivity contribution >= 4 is 23.2 Å². The maximum atomic E-state index is 12.8. The Morgan fingerprint density at radius 3 is 2.21 bits per heavy atom. The lowest BCUT2D eigenvalue weighted by molar-refractivity contribution is 0.0746. The number of nitrogens with one attached hydrogen (secondary N) is 1. The first kappa shape index (κ1) is 18.0. The number of hydrogen-bond donors (Lipinski definition) is 1. The van der Waals surface area contributed by atoms with Gasteiger partial charge < -0.3 is 15.1 Å². The number of nitrogens with zero attached hydrogens (tertiary/aromatic N) is 4. The van der Waals surface area contributed by atoms with Crippen LogP contribution in [0.2, 0.25) is 0 Å². The molecule has 1 amide bonds. The average molecular weight is 373 g/mol. The molecule has 0 spiro atoms. The van der Waals surface area contributed by atoms with Gasteiger partial charge in [-0.2, -0.15) is 0 Å². The highest BCUT2D eigenvalue weighted by Crippen LogP contribution is 2.18. The molecule has 1 N–H and O–H groups in total. The van der Waals surface area contributed by atoms with E-state index in [0.717, 1.165) is 24.3 Å². The molecular weight excluding hydrogens is 350 g/mol. The summed E-state index contributed by atoms with van der Waals surface area (Å²) in [5.41, 5.74) is 3.79. The normalized spacial score (nSPS) is 14.0. The van der Waals surface area contributed by atoms with Crippen molar-refractivity contribution in [2.45, 2.75) is 6.92 Å². The Labute approximate surface area is 164 Å². The monoisotopic (exact) mass is 373 g/mol. The fraction of sp³-hybridized carbons (Fsp3) is 0.227. The van der Waals surface area contributed by atoms with Crippen molar-refractivity contribution < 1.29 is 4.79 Å². The number of aryl methyl sites for hydroxylation is 1. The molecule has 6 nitrogen and oxygen atoms in total. The lowest BCUT2D eigenvalue weighted by Crippen LogP contribution is -2.48. The van der Waals surface area contributed by atoms with Crippen molar-refractivity contribution in [3.63, 3.8) is 0 Å². The number of aromatic nitrogens is 2. The molecule has 0 radical (unpaired) electrons. The third kappa shape index (κ3) is 3.96. The topological polar surface area (TPSA) is 61.4 Å². The number of para-hydroxylation sites is 2. The minimum Gasteiger partial charge on any atom is -0.368 e. The van der Waals surface area contributed by atoms with Crippen LogP contribution in [0.25, 0.3) is 0 Å². The molecule has 1 aromatic heterocycles. The van der Waals surface area contributed by atoms with Crippen molar-refractivity contribution in [2.24, 2.45) is 0 Å². The van der Waals surface area contributed by atoms with Gasteiger partial charge in [-0.3, -0.25) is 4.79 Å². The van der Waals surface area contributed by atoms with E-state index < -0.39 is 0 Å². The van der Waals surface area contributed by atoms with Gasteiger partial charge in [0.1, 0.15) is 0 Å². The van der Waals surface area contributed by atoms with E-state index in [1.165, 1.54) is 5.69 Å². The Hall–Kier alpha value is -3.41. The molecule has 1 aliphatic rings. The molecule has 0 atom stereocenters. The van der Waals surface area contributed by atoms with Gasteiger partial charge in [-0.15, -0.1) is 0 Å². The first-order chi connectivity index (χ1) is 13.7. The van der Waals surface area contributed by atoms with E-state index in [1.807, 2.05) is 54.3 Å². The second-order valence-electron chi connectivity index (χ2n) is 6.85. The molecule has 1 saturated heterocycles. The highest BCUT2D eigenvalue weighted by Gasteiger charge is 2.22. The number of anilines is 3. The van der Waals surface area contributed by atoms with Crippen LogP contribution in [0.5, 0.6) is 0 Å². The molecule has 0 saturated carbocycles. The minimum atomic E-state index is -0.0184. The summed E-state index contributed by atoms with van der Waals surface area (Å²) in [5, 5.41) is 3.19. The van der Waals surface area contributed by atoms with Crippen molar-refractivity contribution in [3.05, 3.63) is 78.1 Å². The summed E-state index contributed by atoms with van der Waals surface area (Å²) >= 11 is 0. The summed E-state index contributed by atoms with van der Waals surface area (Å²) in [6, 6.07) is 18.2. The van der Waals surface area contributed by atoms with Gasteiger partial charge in [-0.25, -0.2) is 9.97 Å². The first-order valence-electron chi connectivity index (χ1n) is 9.45. The Balaban J connectivity index is 1.37. The average Bonchev–Trinajstić information content (AvgIpc) is 2.76. The van der Waals surface area contributed by atoms with Crippen LogP contribution in [-0.2, 0) is 0 Å². The smallest absolute Gasteiger partial charge is 0.257 e. The Kier molecular flexibility index (Phi) is 5.19. The van der Waals surface area contributed by atoms with Gasteiger partial charge in [0.25, 0.3) is 5.91 Å². The first-order valence-corrected chi connectivity index (χ1v) is 9.45. The van der Waals surface area contributed by atoms with Gasteiger partial charge in [-0.05, 0) is 30.7 Å². The van der Waals surface area contributed by atoms with Crippen LogP contribution in [0.3, 0.4) is 0 Å². The molecule has 4 rings (SSSR count). The summed E-state index contributed by atoms with van der Waals surface area (Å²) in [5.74, 6) is 0.468. The summed E-state index contributed by atoms with van der Waals surface area (Å²) in [6.45, 7) is 5.05. The second-order valence-corrected chi connectivity index (χ2v) is 6.85. The zero-order valence-corrected chi connectivity index (χ0v) is 15.9. The lowest BCUT2D eigenvalue weighted by Gasteiger charge is -2.36. The van der Waals surface area contributed by atoms with E-state index in [2.05, 4.69) is 32.3 Å². The van der Waals surface area contributed by atoms with Crippen LogP contribution in [0, 0.1) is 6.92 Å². The van der Waals surface area contributed by atoms with E-state index in [1.54, 1.807) is 12.4 Å². The predicted octanol–water partition coefficient (Wildman–Crippen LogP) is 3.49. The Bertz CT molecular complexity index is 935. The molecule has 1 aliphatic heterocycles. The zero-order chi connectivity index (χ0) is 19.3. The molecule has 3 aromatic rings. The van der Waals surface area contributed by atoms with E-state index in [9.17, 15) is 4.79 Å². The third-order valence-corrected chi connectivity index (χ3v) is 4.98. The number of piperazine rings is 1. The summed E-state index contributed by atoms with van der Waals surface area (Å²) in [6.07, 6.45) is 3.19. The highest BCUT2D eigenvalue weighted by atomic mass is 16.2. The summed E-state index contributed by atoms with van der Waals surface area (Å²) in [7, 11) is 0. The minimum absolute atomic E-state index is 0.0184. The lowest BCUT2D eigenvalue weighted by atomic mass is 10.2. The van der Waals surface area contributed by atoms with Crippen molar-refractivity contribution in [1.29, 1.82) is 0 Å². The van der Waals surface area contributed by atoms with Crippen LogP contribution >= 0.6 is 0 Å². The number of amides is 1. The number of benzene rings is 2. The second kappa shape index (κ2) is 8.08. The van der Waals surface area contributed by atoms with Crippen molar-refractivity contribution in [1.82, 2.24) is 14.9 Å².